The molecule has 0 aliphatic heterocycles. The Labute approximate surface area is 258 Å². The average molecular weight is 641 g/mol. The minimum absolute atomic E-state index is 0.0538. The molecule has 1 N–H and O–H groups in total. The van der Waals surface area contributed by atoms with Crippen LogP contribution in [-0.4, -0.2) is 48.1 Å². The second kappa shape index (κ2) is 14.2. The van der Waals surface area contributed by atoms with E-state index in [9.17, 15) is 12.8 Å². The van der Waals surface area contributed by atoms with Crippen molar-refractivity contribution in [3.8, 4) is 17.0 Å². The van der Waals surface area contributed by atoms with Crippen LogP contribution in [0, 0.1) is 5.82 Å². The SMILES string of the molecule is CCS(=O)(=O)CCOCCCc1nc(-c2ccc3ncnc(Nc4ccc(OCc5cccc(F)c5)c(Cl)c4)c3c2)cs1. The molecule has 5 rings (SSSR count). The predicted molar refractivity (Wildman–Crippen MR) is 170 cm³/mol. The molecule has 224 valence electrons. The molecule has 0 saturated heterocycles. The highest BCUT2D eigenvalue weighted by molar-refractivity contribution is 7.91. The fourth-order valence-electron chi connectivity index (χ4n) is 4.25. The summed E-state index contributed by atoms with van der Waals surface area (Å²) in [6, 6.07) is 17.5. The number of aryl methyl sites for hydroxylation is 1. The average Bonchev–Trinajstić information content (AvgIpc) is 3.47. The highest BCUT2D eigenvalue weighted by Gasteiger charge is 2.12. The van der Waals surface area contributed by atoms with Gasteiger partial charge in [0, 0.05) is 40.8 Å². The molecular weight excluding hydrogens is 611 g/mol. The fraction of sp³-hybridized carbons (Fsp3) is 0.258. The Kier molecular flexibility index (Phi) is 10.2. The smallest absolute Gasteiger partial charge is 0.152 e. The Morgan fingerprint density at radius 1 is 1.05 bits per heavy atom. The Hall–Kier alpha value is -3.64. The lowest BCUT2D eigenvalue weighted by atomic mass is 10.1. The molecule has 43 heavy (non-hydrogen) atoms. The Balaban J connectivity index is 1.22. The van der Waals surface area contributed by atoms with Crippen LogP contribution in [0.4, 0.5) is 15.9 Å². The van der Waals surface area contributed by atoms with Gasteiger partial charge in [-0.25, -0.2) is 27.8 Å². The number of fused-ring (bicyclic) bond motifs is 1. The zero-order valence-electron chi connectivity index (χ0n) is 23.4. The van der Waals surface area contributed by atoms with E-state index in [0.717, 1.165) is 45.7 Å². The summed E-state index contributed by atoms with van der Waals surface area (Å²) in [4.78, 5) is 13.7. The van der Waals surface area contributed by atoms with Crippen LogP contribution >= 0.6 is 22.9 Å². The number of rotatable bonds is 14. The van der Waals surface area contributed by atoms with Gasteiger partial charge in [0.15, 0.2) is 9.84 Å². The van der Waals surface area contributed by atoms with Crippen LogP contribution < -0.4 is 10.1 Å². The fourth-order valence-corrected chi connectivity index (χ4v) is 6.00. The maximum absolute atomic E-state index is 13.5. The van der Waals surface area contributed by atoms with Crippen LogP contribution in [0.3, 0.4) is 0 Å². The van der Waals surface area contributed by atoms with E-state index in [1.165, 1.54) is 18.5 Å². The van der Waals surface area contributed by atoms with Gasteiger partial charge in [-0.3, -0.25) is 0 Å². The molecule has 12 heteroatoms. The number of ether oxygens (including phenoxy) is 2. The van der Waals surface area contributed by atoms with Gasteiger partial charge in [0.25, 0.3) is 0 Å². The van der Waals surface area contributed by atoms with Gasteiger partial charge in [-0.1, -0.05) is 36.7 Å². The second-order valence-electron chi connectivity index (χ2n) is 9.72. The molecule has 2 aromatic heterocycles. The van der Waals surface area contributed by atoms with Crippen LogP contribution in [0.25, 0.3) is 22.2 Å². The number of anilines is 2. The first kappa shape index (κ1) is 30.8. The number of nitrogens with zero attached hydrogens (tertiary/aromatic N) is 3. The van der Waals surface area contributed by atoms with Crippen molar-refractivity contribution in [3.05, 3.63) is 93.8 Å². The van der Waals surface area contributed by atoms with E-state index in [4.69, 9.17) is 26.1 Å². The van der Waals surface area contributed by atoms with Gasteiger partial charge in [-0.05, 0) is 54.4 Å². The molecule has 0 spiro atoms. The molecule has 2 heterocycles. The van der Waals surface area contributed by atoms with E-state index in [0.29, 0.717) is 28.8 Å². The molecule has 3 aromatic carbocycles. The summed E-state index contributed by atoms with van der Waals surface area (Å²) in [5.74, 6) is 0.978. The van der Waals surface area contributed by atoms with Crippen LogP contribution in [0.15, 0.2) is 72.4 Å². The third kappa shape index (κ3) is 8.47. The first-order valence-corrected chi connectivity index (χ1v) is 16.8. The predicted octanol–water partition coefficient (Wildman–Crippen LogP) is 7.25. The molecule has 0 amide bonds. The minimum atomic E-state index is -3.01. The lowest BCUT2D eigenvalue weighted by molar-refractivity contribution is 0.146. The number of aromatic nitrogens is 3. The van der Waals surface area contributed by atoms with Crippen LogP contribution in [-0.2, 0) is 27.6 Å². The number of hydrogen-bond acceptors (Lipinski definition) is 9. The quantitative estimate of drug-likeness (QED) is 0.127. The summed E-state index contributed by atoms with van der Waals surface area (Å²) < 4.78 is 47.9. The molecule has 0 aliphatic rings. The highest BCUT2D eigenvalue weighted by Crippen LogP contribution is 2.32. The summed E-state index contributed by atoms with van der Waals surface area (Å²) in [7, 11) is -3.01. The lowest BCUT2D eigenvalue weighted by Crippen LogP contribution is -2.14. The maximum atomic E-state index is 13.5. The molecule has 0 fully saturated rings. The van der Waals surface area contributed by atoms with Crippen molar-refractivity contribution < 1.29 is 22.3 Å². The second-order valence-corrected chi connectivity index (χ2v) is 13.5. The van der Waals surface area contributed by atoms with E-state index in [2.05, 4.69) is 15.3 Å². The molecule has 5 aromatic rings. The molecule has 0 bridgehead atoms. The van der Waals surface area contributed by atoms with Gasteiger partial charge in [0.05, 0.1) is 33.6 Å². The number of benzene rings is 3. The number of halogens is 2. The Morgan fingerprint density at radius 2 is 1.93 bits per heavy atom. The van der Waals surface area contributed by atoms with Crippen molar-refractivity contribution in [2.45, 2.75) is 26.4 Å². The van der Waals surface area contributed by atoms with Crippen molar-refractivity contribution in [1.82, 2.24) is 15.0 Å². The third-order valence-electron chi connectivity index (χ3n) is 6.62. The highest BCUT2D eigenvalue weighted by atomic mass is 35.5. The normalized spacial score (nSPS) is 11.6. The summed E-state index contributed by atoms with van der Waals surface area (Å²) >= 11 is 8.07. The number of hydrogen-bond donors (Lipinski definition) is 1. The van der Waals surface area contributed by atoms with Crippen LogP contribution in [0.2, 0.25) is 5.02 Å². The monoisotopic (exact) mass is 640 g/mol. The van der Waals surface area contributed by atoms with Crippen molar-refractivity contribution in [3.63, 3.8) is 0 Å². The number of nitrogens with one attached hydrogen (secondary N) is 1. The molecule has 0 unspecified atom stereocenters. The van der Waals surface area contributed by atoms with Crippen molar-refractivity contribution >= 4 is 55.2 Å². The summed E-state index contributed by atoms with van der Waals surface area (Å²) in [6.45, 7) is 2.54. The molecule has 8 nitrogen and oxygen atoms in total. The van der Waals surface area contributed by atoms with Gasteiger partial charge in [-0.2, -0.15) is 0 Å². The van der Waals surface area contributed by atoms with Crippen molar-refractivity contribution in [2.75, 3.05) is 30.0 Å². The lowest BCUT2D eigenvalue weighted by Gasteiger charge is -2.12. The first-order chi connectivity index (χ1) is 20.8. The molecule has 0 radical (unpaired) electrons. The van der Waals surface area contributed by atoms with E-state index in [1.54, 1.807) is 42.5 Å². The van der Waals surface area contributed by atoms with Gasteiger partial charge in [0.1, 0.15) is 30.3 Å². The molecule has 0 saturated carbocycles. The topological polar surface area (TPSA) is 103 Å². The molecular formula is C31H30ClFN4O4S2. The van der Waals surface area contributed by atoms with E-state index in [1.807, 2.05) is 29.6 Å². The molecule has 0 atom stereocenters. The van der Waals surface area contributed by atoms with Crippen LogP contribution in [0.5, 0.6) is 5.75 Å². The number of sulfone groups is 1. The van der Waals surface area contributed by atoms with Gasteiger partial charge in [-0.15, -0.1) is 11.3 Å². The molecule has 0 aliphatic carbocycles. The summed E-state index contributed by atoms with van der Waals surface area (Å²) in [5, 5.41) is 7.56. The van der Waals surface area contributed by atoms with Crippen molar-refractivity contribution in [1.29, 1.82) is 0 Å². The third-order valence-corrected chi connectivity index (χ3v) is 9.49. The minimum Gasteiger partial charge on any atom is -0.487 e. The summed E-state index contributed by atoms with van der Waals surface area (Å²) in [5.41, 5.74) is 4.00. The first-order valence-electron chi connectivity index (χ1n) is 13.7. The zero-order valence-corrected chi connectivity index (χ0v) is 25.8. The van der Waals surface area contributed by atoms with E-state index >= 15 is 0 Å². The van der Waals surface area contributed by atoms with E-state index in [-0.39, 0.29) is 30.5 Å². The van der Waals surface area contributed by atoms with Gasteiger partial charge >= 0.3 is 0 Å². The Bertz CT molecular complexity index is 1820. The standard InChI is InChI=1S/C31H30ClFN4O4S2/c1-2-43(38,39)14-13-40-12-4-7-30-37-28(19-42-30)22-8-10-27-25(16-22)31(35-20-34-27)36-24-9-11-29(26(32)17-24)41-18-21-5-3-6-23(33)15-21/h3,5-6,8-11,15-17,19-20H,2,4,7,12-14,18H2,1H3,(H,34,35,36). The van der Waals surface area contributed by atoms with Crippen LogP contribution in [0.1, 0.15) is 23.9 Å². The van der Waals surface area contributed by atoms with Gasteiger partial charge in [0.2, 0.25) is 0 Å². The van der Waals surface area contributed by atoms with Gasteiger partial charge < -0.3 is 14.8 Å². The zero-order chi connectivity index (χ0) is 30.2. The van der Waals surface area contributed by atoms with E-state index < -0.39 is 9.84 Å². The Morgan fingerprint density at radius 3 is 2.74 bits per heavy atom. The largest absolute Gasteiger partial charge is 0.487 e. The summed E-state index contributed by atoms with van der Waals surface area (Å²) in [6.07, 6.45) is 3.01. The maximum Gasteiger partial charge on any atom is 0.152 e. The van der Waals surface area contributed by atoms with Crippen molar-refractivity contribution in [2.24, 2.45) is 0 Å². The number of thiazole rings is 1.